The summed E-state index contributed by atoms with van der Waals surface area (Å²) in [6.07, 6.45) is 4.22. The van der Waals surface area contributed by atoms with Crippen LogP contribution in [0.25, 0.3) is 0 Å². The monoisotopic (exact) mass is 325 g/mol. The number of ether oxygens (including phenoxy) is 1. The van der Waals surface area contributed by atoms with Crippen LogP contribution < -0.4 is 10.1 Å². The summed E-state index contributed by atoms with van der Waals surface area (Å²) in [7, 11) is 1.85. The molecule has 5 heteroatoms. The predicted molar refractivity (Wildman–Crippen MR) is 94.0 cm³/mol. The van der Waals surface area contributed by atoms with Gasteiger partial charge < -0.3 is 15.0 Å². The van der Waals surface area contributed by atoms with Crippen LogP contribution in [0.4, 0.5) is 5.82 Å². The number of nitrogens with one attached hydrogen (secondary N) is 1. The second-order valence-corrected chi connectivity index (χ2v) is 5.88. The van der Waals surface area contributed by atoms with Crippen molar-refractivity contribution < 1.29 is 9.53 Å². The topological polar surface area (TPSA) is 54.5 Å². The summed E-state index contributed by atoms with van der Waals surface area (Å²) < 4.78 is 5.65. The van der Waals surface area contributed by atoms with E-state index in [1.165, 1.54) is 0 Å². The fraction of sp³-hybridized carbons (Fsp3) is 0.368. The maximum atomic E-state index is 12.6. The Morgan fingerprint density at radius 3 is 2.96 bits per heavy atom. The lowest BCUT2D eigenvalue weighted by Gasteiger charge is -2.25. The van der Waals surface area contributed by atoms with E-state index >= 15 is 0 Å². The third kappa shape index (κ3) is 3.85. The molecule has 2 aromatic rings. The van der Waals surface area contributed by atoms with Crippen molar-refractivity contribution in [3.05, 3.63) is 54.2 Å². The van der Waals surface area contributed by atoms with E-state index < -0.39 is 0 Å². The Bertz CT molecular complexity index is 675. The molecule has 5 nitrogen and oxygen atoms in total. The number of para-hydroxylation sites is 1. The number of carbonyl (C=O) groups is 1. The van der Waals surface area contributed by atoms with E-state index in [0.29, 0.717) is 13.0 Å². The number of hydrogen-bond donors (Lipinski definition) is 1. The number of hydrogen-bond acceptors (Lipinski definition) is 4. The van der Waals surface area contributed by atoms with E-state index in [1.807, 2.05) is 54.4 Å². The van der Waals surface area contributed by atoms with Crippen molar-refractivity contribution in [2.24, 2.45) is 0 Å². The van der Waals surface area contributed by atoms with Crippen molar-refractivity contribution in [2.75, 3.05) is 25.5 Å². The Labute approximate surface area is 142 Å². The predicted octanol–water partition coefficient (Wildman–Crippen LogP) is 3.26. The van der Waals surface area contributed by atoms with E-state index in [1.54, 1.807) is 6.20 Å². The molecular formula is C19H23N3O2. The molecule has 1 amide bonds. The van der Waals surface area contributed by atoms with Crippen molar-refractivity contribution in [1.82, 2.24) is 9.88 Å². The van der Waals surface area contributed by atoms with Gasteiger partial charge in [-0.05, 0) is 42.7 Å². The smallest absolute Gasteiger partial charge is 0.226 e. The average Bonchev–Trinajstić information content (AvgIpc) is 3.12. The Morgan fingerprint density at radius 1 is 1.33 bits per heavy atom. The van der Waals surface area contributed by atoms with Crippen LogP contribution in [-0.2, 0) is 4.79 Å². The maximum absolute atomic E-state index is 12.6. The standard InChI is InChI=1S/C19H23N3O2/c1-20-18-14-15(9-11-21-18)17-8-5-12-22(17)19(23)10-13-24-16-6-3-2-4-7-16/h2-4,6-7,9,11,14,17H,5,8,10,12-13H2,1H3,(H,20,21)/t17-/m0/s1. The van der Waals surface area contributed by atoms with E-state index in [-0.39, 0.29) is 11.9 Å². The molecule has 24 heavy (non-hydrogen) atoms. The van der Waals surface area contributed by atoms with E-state index in [0.717, 1.165) is 36.5 Å². The molecular weight excluding hydrogens is 302 g/mol. The first-order valence-corrected chi connectivity index (χ1v) is 8.39. The van der Waals surface area contributed by atoms with Crippen molar-refractivity contribution in [1.29, 1.82) is 0 Å². The first-order chi connectivity index (χ1) is 11.8. The molecule has 1 aliphatic heterocycles. The number of anilines is 1. The molecule has 0 saturated carbocycles. The first-order valence-electron chi connectivity index (χ1n) is 8.39. The second kappa shape index (κ2) is 7.81. The van der Waals surface area contributed by atoms with E-state index in [4.69, 9.17) is 4.74 Å². The van der Waals surface area contributed by atoms with Crippen LogP contribution in [0.1, 0.15) is 30.9 Å². The largest absolute Gasteiger partial charge is 0.493 e. The van der Waals surface area contributed by atoms with Crippen LogP contribution in [0.2, 0.25) is 0 Å². The van der Waals surface area contributed by atoms with Crippen LogP contribution in [0.15, 0.2) is 48.7 Å². The fourth-order valence-corrected chi connectivity index (χ4v) is 3.12. The van der Waals surface area contributed by atoms with Gasteiger partial charge in [0, 0.05) is 19.8 Å². The minimum Gasteiger partial charge on any atom is -0.493 e. The van der Waals surface area contributed by atoms with Gasteiger partial charge >= 0.3 is 0 Å². The quantitative estimate of drug-likeness (QED) is 0.886. The number of likely N-dealkylation sites (tertiary alicyclic amines) is 1. The molecule has 0 spiro atoms. The van der Waals surface area contributed by atoms with Gasteiger partial charge in [-0.2, -0.15) is 0 Å². The third-order valence-electron chi connectivity index (χ3n) is 4.33. The number of amides is 1. The minimum absolute atomic E-state index is 0.143. The zero-order chi connectivity index (χ0) is 16.8. The molecule has 1 N–H and O–H groups in total. The van der Waals surface area contributed by atoms with Crippen molar-refractivity contribution in [2.45, 2.75) is 25.3 Å². The molecule has 126 valence electrons. The molecule has 1 saturated heterocycles. The maximum Gasteiger partial charge on any atom is 0.226 e. The Morgan fingerprint density at radius 2 is 2.17 bits per heavy atom. The van der Waals surface area contributed by atoms with Crippen LogP contribution in [0.5, 0.6) is 5.75 Å². The molecule has 3 rings (SSSR count). The lowest BCUT2D eigenvalue weighted by Crippen LogP contribution is -2.31. The summed E-state index contributed by atoms with van der Waals surface area (Å²) in [5.74, 6) is 1.78. The van der Waals surface area contributed by atoms with E-state index in [2.05, 4.69) is 10.3 Å². The fourth-order valence-electron chi connectivity index (χ4n) is 3.12. The Balaban J connectivity index is 1.59. The van der Waals surface area contributed by atoms with Gasteiger partial charge in [-0.25, -0.2) is 4.98 Å². The highest BCUT2D eigenvalue weighted by Gasteiger charge is 2.29. The van der Waals surface area contributed by atoms with Crippen LogP contribution in [-0.4, -0.2) is 36.0 Å². The highest BCUT2D eigenvalue weighted by molar-refractivity contribution is 5.77. The van der Waals surface area contributed by atoms with Crippen molar-refractivity contribution in [3.63, 3.8) is 0 Å². The van der Waals surface area contributed by atoms with Crippen LogP contribution in [0.3, 0.4) is 0 Å². The number of benzene rings is 1. The molecule has 1 aliphatic rings. The second-order valence-electron chi connectivity index (χ2n) is 5.88. The number of nitrogens with zero attached hydrogens (tertiary/aromatic N) is 2. The van der Waals surface area contributed by atoms with Crippen LogP contribution >= 0.6 is 0 Å². The summed E-state index contributed by atoms with van der Waals surface area (Å²) in [5, 5.41) is 3.05. The Hall–Kier alpha value is -2.56. The SMILES string of the molecule is CNc1cc([C@@H]2CCCN2C(=O)CCOc2ccccc2)ccn1. The molecule has 0 aliphatic carbocycles. The molecule has 0 unspecified atom stereocenters. The van der Waals surface area contributed by atoms with Gasteiger partial charge in [0.05, 0.1) is 19.1 Å². The number of rotatable bonds is 6. The lowest BCUT2D eigenvalue weighted by molar-refractivity contribution is -0.132. The summed E-state index contributed by atoms with van der Waals surface area (Å²) in [6, 6.07) is 13.8. The summed E-state index contributed by atoms with van der Waals surface area (Å²) in [4.78, 5) is 18.8. The van der Waals surface area contributed by atoms with Gasteiger partial charge in [0.25, 0.3) is 0 Å². The van der Waals surface area contributed by atoms with Gasteiger partial charge in [0.1, 0.15) is 11.6 Å². The molecule has 2 heterocycles. The van der Waals surface area contributed by atoms with Crippen molar-refractivity contribution >= 4 is 11.7 Å². The summed E-state index contributed by atoms with van der Waals surface area (Å²) >= 11 is 0. The van der Waals surface area contributed by atoms with Gasteiger partial charge in [0.15, 0.2) is 0 Å². The molecule has 0 bridgehead atoms. The highest BCUT2D eigenvalue weighted by Crippen LogP contribution is 2.33. The lowest BCUT2D eigenvalue weighted by atomic mass is 10.1. The number of aromatic nitrogens is 1. The zero-order valence-electron chi connectivity index (χ0n) is 13.9. The summed E-state index contributed by atoms with van der Waals surface area (Å²) in [6.45, 7) is 1.22. The van der Waals surface area contributed by atoms with Gasteiger partial charge in [0.2, 0.25) is 5.91 Å². The number of pyridine rings is 1. The van der Waals surface area contributed by atoms with Crippen molar-refractivity contribution in [3.8, 4) is 5.75 Å². The molecule has 0 radical (unpaired) electrons. The molecule has 1 atom stereocenters. The number of carbonyl (C=O) groups excluding carboxylic acids is 1. The highest BCUT2D eigenvalue weighted by atomic mass is 16.5. The Kier molecular flexibility index (Phi) is 5.31. The van der Waals surface area contributed by atoms with Crippen LogP contribution in [0, 0.1) is 0 Å². The average molecular weight is 325 g/mol. The van der Waals surface area contributed by atoms with Gasteiger partial charge in [-0.1, -0.05) is 18.2 Å². The molecule has 1 aromatic heterocycles. The molecule has 1 fully saturated rings. The minimum atomic E-state index is 0.143. The normalized spacial score (nSPS) is 16.9. The van der Waals surface area contributed by atoms with Gasteiger partial charge in [-0.3, -0.25) is 4.79 Å². The van der Waals surface area contributed by atoms with Gasteiger partial charge in [-0.15, -0.1) is 0 Å². The molecule has 1 aromatic carbocycles. The zero-order valence-corrected chi connectivity index (χ0v) is 13.9. The third-order valence-corrected chi connectivity index (χ3v) is 4.33. The summed E-state index contributed by atoms with van der Waals surface area (Å²) in [5.41, 5.74) is 1.14. The first kappa shape index (κ1) is 16.3. The van der Waals surface area contributed by atoms with E-state index in [9.17, 15) is 4.79 Å².